The van der Waals surface area contributed by atoms with Gasteiger partial charge in [0.2, 0.25) is 5.91 Å². The second-order valence-electron chi connectivity index (χ2n) is 5.24. The summed E-state index contributed by atoms with van der Waals surface area (Å²) in [5, 5.41) is 3.81. The summed E-state index contributed by atoms with van der Waals surface area (Å²) in [6, 6.07) is 0.175. The van der Waals surface area contributed by atoms with E-state index >= 15 is 0 Å². The number of amides is 1. The second kappa shape index (κ2) is 5.99. The van der Waals surface area contributed by atoms with Gasteiger partial charge in [-0.3, -0.25) is 4.79 Å². The van der Waals surface area contributed by atoms with Gasteiger partial charge in [0, 0.05) is 19.1 Å². The molecule has 1 saturated carbocycles. The third-order valence-corrected chi connectivity index (χ3v) is 3.67. The normalized spacial score (nSPS) is 24.9. The van der Waals surface area contributed by atoms with Crippen LogP contribution in [0.4, 0.5) is 13.2 Å². The van der Waals surface area contributed by atoms with Gasteiger partial charge in [-0.25, -0.2) is 4.79 Å². The third-order valence-electron chi connectivity index (χ3n) is 3.67. The maximum atomic E-state index is 12.0. The van der Waals surface area contributed by atoms with E-state index in [1.807, 2.05) is 0 Å². The van der Waals surface area contributed by atoms with Crippen LogP contribution >= 0.6 is 0 Å². The van der Waals surface area contributed by atoms with Crippen LogP contribution in [0.2, 0.25) is 0 Å². The fraction of sp³-hybridized carbons (Fsp3) is 0.833. The van der Waals surface area contributed by atoms with Gasteiger partial charge in [0.25, 0.3) is 0 Å². The highest BCUT2D eigenvalue weighted by Gasteiger charge is 2.44. The zero-order chi connectivity index (χ0) is 14.8. The molecule has 20 heavy (non-hydrogen) atoms. The van der Waals surface area contributed by atoms with Crippen molar-refractivity contribution in [3.63, 3.8) is 0 Å². The minimum atomic E-state index is -5.01. The summed E-state index contributed by atoms with van der Waals surface area (Å²) >= 11 is 0. The van der Waals surface area contributed by atoms with Gasteiger partial charge in [-0.2, -0.15) is 13.2 Å². The van der Waals surface area contributed by atoms with Crippen molar-refractivity contribution in [1.29, 1.82) is 0 Å². The summed E-state index contributed by atoms with van der Waals surface area (Å²) in [6.07, 6.45) is -0.541. The van der Waals surface area contributed by atoms with Crippen LogP contribution < -0.4 is 5.32 Å². The van der Waals surface area contributed by atoms with Gasteiger partial charge in [-0.05, 0) is 19.3 Å². The molecule has 0 aromatic rings. The fourth-order valence-electron chi connectivity index (χ4n) is 2.58. The molecule has 0 radical (unpaired) electrons. The molecule has 1 heterocycles. The maximum absolute atomic E-state index is 12.0. The van der Waals surface area contributed by atoms with Crippen LogP contribution in [0.3, 0.4) is 0 Å². The molecule has 1 atom stereocenters. The van der Waals surface area contributed by atoms with E-state index in [2.05, 4.69) is 10.2 Å². The van der Waals surface area contributed by atoms with Crippen LogP contribution in [0, 0.1) is 5.92 Å². The molecule has 2 aliphatic rings. The van der Waals surface area contributed by atoms with Crippen LogP contribution in [-0.2, 0) is 14.4 Å². The number of nitrogens with zero attached hydrogens (tertiary/aromatic N) is 1. The minimum Gasteiger partial charge on any atom is -0.361 e. The van der Waals surface area contributed by atoms with E-state index in [1.165, 1.54) is 0 Å². The quantitative estimate of drug-likeness (QED) is 0.854. The molecule has 8 heteroatoms. The molecule has 2 fully saturated rings. The largest absolute Gasteiger partial charge is 0.492 e. The van der Waals surface area contributed by atoms with Crippen molar-refractivity contribution >= 4 is 11.9 Å². The van der Waals surface area contributed by atoms with Crippen molar-refractivity contribution in [2.45, 2.75) is 44.3 Å². The van der Waals surface area contributed by atoms with Gasteiger partial charge in [-0.1, -0.05) is 12.8 Å². The van der Waals surface area contributed by atoms with E-state index in [0.29, 0.717) is 6.42 Å². The average molecular weight is 294 g/mol. The van der Waals surface area contributed by atoms with E-state index < -0.39 is 18.1 Å². The molecule has 0 bridgehead atoms. The lowest BCUT2D eigenvalue weighted by molar-refractivity contribution is -0.235. The van der Waals surface area contributed by atoms with Gasteiger partial charge < -0.3 is 10.2 Å². The van der Waals surface area contributed by atoms with Crippen LogP contribution in [0.1, 0.15) is 32.1 Å². The summed E-state index contributed by atoms with van der Waals surface area (Å²) in [7, 11) is 0. The Morgan fingerprint density at radius 1 is 1.15 bits per heavy atom. The first-order valence-corrected chi connectivity index (χ1v) is 6.70. The van der Waals surface area contributed by atoms with Crippen molar-refractivity contribution in [2.24, 2.45) is 5.92 Å². The molecule has 1 saturated heterocycles. The predicted octanol–water partition coefficient (Wildman–Crippen LogP) is 1.39. The summed E-state index contributed by atoms with van der Waals surface area (Å²) in [4.78, 5) is 26.8. The van der Waals surface area contributed by atoms with Gasteiger partial charge in [0.05, 0.1) is 5.92 Å². The number of hydrogen-bond donors (Lipinski definition) is 1. The third kappa shape index (κ3) is 3.84. The molecular weight excluding hydrogens is 277 g/mol. The second-order valence-corrected chi connectivity index (χ2v) is 5.24. The molecule has 5 nitrogen and oxygen atoms in total. The maximum Gasteiger partial charge on any atom is 0.492 e. The van der Waals surface area contributed by atoms with Crippen molar-refractivity contribution in [3.05, 3.63) is 0 Å². The van der Waals surface area contributed by atoms with E-state index in [-0.39, 0.29) is 25.0 Å². The Kier molecular flexibility index (Phi) is 4.52. The standard InChI is InChI=1S/C12H17F3N2O3/c13-12(14,15)11(19)20-17-6-5-8(7-17)10(18)16-9-3-1-2-4-9/h8-9H,1-7H2,(H,16,18). The molecule has 1 aliphatic heterocycles. The average Bonchev–Trinajstić information content (AvgIpc) is 2.98. The van der Waals surface area contributed by atoms with Crippen LogP contribution in [0.25, 0.3) is 0 Å². The molecule has 1 aliphatic carbocycles. The molecule has 1 N–H and O–H groups in total. The topological polar surface area (TPSA) is 58.6 Å². The molecule has 114 valence electrons. The highest BCUT2D eigenvalue weighted by Crippen LogP contribution is 2.23. The minimum absolute atomic E-state index is 0.0143. The first-order valence-electron chi connectivity index (χ1n) is 6.70. The Labute approximate surface area is 114 Å². The van der Waals surface area contributed by atoms with E-state index in [0.717, 1.165) is 30.7 Å². The number of halogens is 3. The Hall–Kier alpha value is -1.31. The fourth-order valence-corrected chi connectivity index (χ4v) is 2.58. The monoisotopic (exact) mass is 294 g/mol. The van der Waals surface area contributed by atoms with Crippen molar-refractivity contribution in [2.75, 3.05) is 13.1 Å². The first kappa shape index (κ1) is 15.1. The smallest absolute Gasteiger partial charge is 0.361 e. The van der Waals surface area contributed by atoms with Crippen LogP contribution in [0.5, 0.6) is 0 Å². The number of hydroxylamine groups is 2. The SMILES string of the molecule is O=C(NC1CCCC1)C1CCN(OC(=O)C(F)(F)F)C1. The molecule has 2 rings (SSSR count). The summed E-state index contributed by atoms with van der Waals surface area (Å²) in [6.45, 7) is 0.158. The van der Waals surface area contributed by atoms with E-state index in [9.17, 15) is 22.8 Å². The summed E-state index contributed by atoms with van der Waals surface area (Å²) in [5.74, 6) is -2.83. The lowest BCUT2D eigenvalue weighted by atomic mass is 10.1. The van der Waals surface area contributed by atoms with Crippen LogP contribution in [0.15, 0.2) is 0 Å². The lowest BCUT2D eigenvalue weighted by Crippen LogP contribution is -2.39. The number of carbonyl (C=O) groups excluding carboxylic acids is 2. The Bertz CT molecular complexity index is 381. The molecule has 1 unspecified atom stereocenters. The van der Waals surface area contributed by atoms with Crippen molar-refractivity contribution < 1.29 is 27.6 Å². The summed E-state index contributed by atoms with van der Waals surface area (Å²) < 4.78 is 36.1. The number of alkyl halides is 3. The summed E-state index contributed by atoms with van der Waals surface area (Å²) in [5.41, 5.74) is 0. The highest BCUT2D eigenvalue weighted by molar-refractivity contribution is 5.79. The zero-order valence-corrected chi connectivity index (χ0v) is 10.9. The molecule has 0 aromatic heterocycles. The molecule has 0 aromatic carbocycles. The van der Waals surface area contributed by atoms with E-state index in [4.69, 9.17) is 0 Å². The molecule has 1 amide bonds. The number of rotatable bonds is 3. The number of carbonyl (C=O) groups is 2. The van der Waals surface area contributed by atoms with Gasteiger partial charge in [0.1, 0.15) is 0 Å². The lowest BCUT2D eigenvalue weighted by Gasteiger charge is -2.17. The number of hydrogen-bond acceptors (Lipinski definition) is 4. The zero-order valence-electron chi connectivity index (χ0n) is 10.9. The highest BCUT2D eigenvalue weighted by atomic mass is 19.4. The Morgan fingerprint density at radius 2 is 1.80 bits per heavy atom. The van der Waals surface area contributed by atoms with Gasteiger partial charge >= 0.3 is 12.1 Å². The molecular formula is C12H17F3N2O3. The Balaban J connectivity index is 1.76. The van der Waals surface area contributed by atoms with Crippen LogP contribution in [-0.4, -0.2) is 42.2 Å². The molecule has 0 spiro atoms. The Morgan fingerprint density at radius 3 is 2.40 bits per heavy atom. The number of nitrogens with one attached hydrogen (secondary N) is 1. The van der Waals surface area contributed by atoms with E-state index in [1.54, 1.807) is 0 Å². The predicted molar refractivity (Wildman–Crippen MR) is 62.2 cm³/mol. The van der Waals surface area contributed by atoms with Gasteiger partial charge in [0.15, 0.2) is 0 Å². The van der Waals surface area contributed by atoms with Crippen molar-refractivity contribution in [3.8, 4) is 0 Å². The van der Waals surface area contributed by atoms with Gasteiger partial charge in [-0.15, -0.1) is 5.06 Å². The van der Waals surface area contributed by atoms with Crippen molar-refractivity contribution in [1.82, 2.24) is 10.4 Å². The first-order chi connectivity index (χ1) is 9.36.